The van der Waals surface area contributed by atoms with E-state index in [1.54, 1.807) is 20.8 Å². The normalized spacial score (nSPS) is 12.1. The van der Waals surface area contributed by atoms with E-state index in [-0.39, 0.29) is 15.6 Å². The number of carbonyl (C=O) groups is 1. The molecule has 0 fully saturated rings. The number of halogens is 1. The predicted molar refractivity (Wildman–Crippen MR) is 72.7 cm³/mol. The van der Waals surface area contributed by atoms with Crippen molar-refractivity contribution in [3.63, 3.8) is 0 Å². The Labute approximate surface area is 116 Å². The van der Waals surface area contributed by atoms with Gasteiger partial charge in [0.05, 0.1) is 5.69 Å². The van der Waals surface area contributed by atoms with Crippen molar-refractivity contribution >= 4 is 33.4 Å². The molecule has 106 valence electrons. The van der Waals surface area contributed by atoms with E-state index in [4.69, 9.17) is 21.5 Å². The molecule has 0 saturated heterocycles. The highest BCUT2D eigenvalue weighted by Crippen LogP contribution is 2.24. The average Bonchev–Trinajstić information content (AvgIpc) is 2.16. The molecule has 1 aromatic rings. The summed E-state index contributed by atoms with van der Waals surface area (Å²) in [6.07, 6.45) is -0.778. The lowest BCUT2D eigenvalue weighted by atomic mass is 10.2. The van der Waals surface area contributed by atoms with E-state index in [0.717, 1.165) is 6.07 Å². The molecule has 0 saturated carbocycles. The molecule has 0 bridgehead atoms. The van der Waals surface area contributed by atoms with Crippen LogP contribution < -0.4 is 10.5 Å². The molecule has 1 amide bonds. The monoisotopic (exact) mass is 306 g/mol. The number of anilines is 1. The Hall–Kier alpha value is -1.31. The Balaban J connectivity index is 3.06. The van der Waals surface area contributed by atoms with E-state index in [9.17, 15) is 13.2 Å². The summed E-state index contributed by atoms with van der Waals surface area (Å²) in [6.45, 7) is 5.07. The fourth-order valence-electron chi connectivity index (χ4n) is 1.25. The summed E-state index contributed by atoms with van der Waals surface area (Å²) < 4.78 is 27.8. The van der Waals surface area contributed by atoms with E-state index >= 15 is 0 Å². The first-order valence-corrected chi connectivity index (χ1v) is 7.24. The van der Waals surface area contributed by atoms with Crippen molar-refractivity contribution < 1.29 is 17.9 Å². The second-order valence-corrected chi connectivity index (χ2v) is 6.78. The molecule has 0 unspecified atom stereocenters. The predicted octanol–water partition coefficient (Wildman–Crippen LogP) is 2.33. The van der Waals surface area contributed by atoms with Crippen molar-refractivity contribution in [2.75, 3.05) is 5.32 Å². The Kier molecular flexibility index (Phi) is 4.44. The minimum atomic E-state index is -4.00. The Morgan fingerprint density at radius 1 is 1.37 bits per heavy atom. The topological polar surface area (TPSA) is 98.5 Å². The molecule has 19 heavy (non-hydrogen) atoms. The van der Waals surface area contributed by atoms with Gasteiger partial charge < -0.3 is 4.74 Å². The van der Waals surface area contributed by atoms with Gasteiger partial charge in [0.1, 0.15) is 10.5 Å². The summed E-state index contributed by atoms with van der Waals surface area (Å²) >= 11 is 5.70. The molecule has 0 atom stereocenters. The number of primary sulfonamides is 1. The Morgan fingerprint density at radius 2 is 1.95 bits per heavy atom. The van der Waals surface area contributed by atoms with Crippen molar-refractivity contribution in [1.82, 2.24) is 0 Å². The molecule has 0 aliphatic carbocycles. The molecule has 0 spiro atoms. The smallest absolute Gasteiger partial charge is 0.412 e. The Morgan fingerprint density at radius 3 is 2.42 bits per heavy atom. The van der Waals surface area contributed by atoms with Crippen LogP contribution in [0.15, 0.2) is 23.1 Å². The molecule has 0 radical (unpaired) electrons. The second kappa shape index (κ2) is 5.36. The zero-order chi connectivity index (χ0) is 14.8. The van der Waals surface area contributed by atoms with E-state index < -0.39 is 21.7 Å². The molecule has 3 N–H and O–H groups in total. The van der Waals surface area contributed by atoms with E-state index in [1.165, 1.54) is 12.1 Å². The molecule has 0 aromatic heterocycles. The van der Waals surface area contributed by atoms with Gasteiger partial charge in [-0.05, 0) is 39.0 Å². The van der Waals surface area contributed by atoms with Crippen molar-refractivity contribution in [1.29, 1.82) is 0 Å². The number of hydrogen-bond donors (Lipinski definition) is 2. The van der Waals surface area contributed by atoms with Gasteiger partial charge >= 0.3 is 6.09 Å². The maximum atomic E-state index is 11.6. The Bertz CT molecular complexity index is 593. The summed E-state index contributed by atoms with van der Waals surface area (Å²) in [6, 6.07) is 3.93. The SMILES string of the molecule is CC(C)(C)OC(=O)Nc1ccc(Cl)cc1S(N)(=O)=O. The van der Waals surface area contributed by atoms with Crippen LogP contribution in [0.2, 0.25) is 5.02 Å². The lowest BCUT2D eigenvalue weighted by Crippen LogP contribution is -2.28. The quantitative estimate of drug-likeness (QED) is 0.876. The van der Waals surface area contributed by atoms with Gasteiger partial charge in [-0.1, -0.05) is 11.6 Å². The van der Waals surface area contributed by atoms with E-state index in [1.807, 2.05) is 0 Å². The van der Waals surface area contributed by atoms with Crippen LogP contribution in [0, 0.1) is 0 Å². The molecular weight excluding hydrogens is 292 g/mol. The maximum Gasteiger partial charge on any atom is 0.412 e. The lowest BCUT2D eigenvalue weighted by Gasteiger charge is -2.20. The zero-order valence-corrected chi connectivity index (χ0v) is 12.3. The van der Waals surface area contributed by atoms with Crippen LogP contribution in [-0.2, 0) is 14.8 Å². The minimum absolute atomic E-state index is 0.0150. The summed E-state index contributed by atoms with van der Waals surface area (Å²) in [4.78, 5) is 11.3. The van der Waals surface area contributed by atoms with Crippen molar-refractivity contribution in [2.45, 2.75) is 31.3 Å². The molecule has 0 aliphatic rings. The molecule has 0 aliphatic heterocycles. The van der Waals surface area contributed by atoms with Crippen LogP contribution >= 0.6 is 11.6 Å². The lowest BCUT2D eigenvalue weighted by molar-refractivity contribution is 0.0635. The number of carbonyl (C=O) groups excluding carboxylic acids is 1. The largest absolute Gasteiger partial charge is 0.444 e. The van der Waals surface area contributed by atoms with Gasteiger partial charge in [-0.15, -0.1) is 0 Å². The molecule has 6 nitrogen and oxygen atoms in total. The molecule has 0 heterocycles. The van der Waals surface area contributed by atoms with Gasteiger partial charge in [0.25, 0.3) is 0 Å². The standard InChI is InChI=1S/C11H15ClN2O4S/c1-11(2,3)18-10(15)14-8-5-4-7(12)6-9(8)19(13,16)17/h4-6H,1-3H3,(H,14,15)(H2,13,16,17). The van der Waals surface area contributed by atoms with Crippen LogP contribution in [-0.4, -0.2) is 20.1 Å². The third-order valence-corrected chi connectivity index (χ3v) is 3.07. The van der Waals surface area contributed by atoms with E-state index in [0.29, 0.717) is 0 Å². The first-order chi connectivity index (χ1) is 8.49. The van der Waals surface area contributed by atoms with Crippen molar-refractivity contribution in [3.8, 4) is 0 Å². The third kappa shape index (κ3) is 5.06. The summed E-state index contributed by atoms with van der Waals surface area (Å²) in [7, 11) is -4.00. The fourth-order valence-corrected chi connectivity index (χ4v) is 2.20. The second-order valence-electron chi connectivity index (χ2n) is 4.81. The number of benzene rings is 1. The number of ether oxygens (including phenoxy) is 1. The maximum absolute atomic E-state index is 11.6. The van der Waals surface area contributed by atoms with Crippen LogP contribution in [0.3, 0.4) is 0 Å². The van der Waals surface area contributed by atoms with Crippen LogP contribution in [0.1, 0.15) is 20.8 Å². The van der Waals surface area contributed by atoms with Crippen LogP contribution in [0.5, 0.6) is 0 Å². The van der Waals surface area contributed by atoms with Crippen molar-refractivity contribution in [3.05, 3.63) is 23.2 Å². The zero-order valence-electron chi connectivity index (χ0n) is 10.7. The number of rotatable bonds is 2. The highest BCUT2D eigenvalue weighted by molar-refractivity contribution is 7.89. The van der Waals surface area contributed by atoms with Gasteiger partial charge in [-0.3, -0.25) is 5.32 Å². The number of nitrogens with one attached hydrogen (secondary N) is 1. The van der Waals surface area contributed by atoms with Gasteiger partial charge in [0.15, 0.2) is 0 Å². The first kappa shape index (κ1) is 15.7. The van der Waals surface area contributed by atoms with Gasteiger partial charge in [-0.2, -0.15) is 0 Å². The average molecular weight is 307 g/mol. The molecule has 8 heteroatoms. The number of nitrogens with two attached hydrogens (primary N) is 1. The summed E-state index contributed by atoms with van der Waals surface area (Å²) in [5, 5.41) is 7.57. The highest BCUT2D eigenvalue weighted by Gasteiger charge is 2.20. The van der Waals surface area contributed by atoms with Crippen LogP contribution in [0.25, 0.3) is 0 Å². The first-order valence-electron chi connectivity index (χ1n) is 5.31. The van der Waals surface area contributed by atoms with Gasteiger partial charge in [0, 0.05) is 5.02 Å². The fraction of sp³-hybridized carbons (Fsp3) is 0.364. The number of hydrogen-bond acceptors (Lipinski definition) is 4. The number of amides is 1. The number of sulfonamides is 1. The third-order valence-electron chi connectivity index (χ3n) is 1.89. The summed E-state index contributed by atoms with van der Waals surface area (Å²) in [5.74, 6) is 0. The molecule has 1 aromatic carbocycles. The van der Waals surface area contributed by atoms with Gasteiger partial charge in [-0.25, -0.2) is 18.4 Å². The minimum Gasteiger partial charge on any atom is -0.444 e. The van der Waals surface area contributed by atoms with Gasteiger partial charge in [0.2, 0.25) is 10.0 Å². The van der Waals surface area contributed by atoms with Crippen LogP contribution in [0.4, 0.5) is 10.5 Å². The van der Waals surface area contributed by atoms with Crippen molar-refractivity contribution in [2.24, 2.45) is 5.14 Å². The molecular formula is C11H15ClN2O4S. The molecule has 1 rings (SSSR count). The highest BCUT2D eigenvalue weighted by atomic mass is 35.5. The van der Waals surface area contributed by atoms with E-state index in [2.05, 4.69) is 5.32 Å². The summed E-state index contributed by atoms with van der Waals surface area (Å²) in [5.41, 5.74) is -0.681.